The monoisotopic (exact) mass is 260 g/mol. The lowest BCUT2D eigenvalue weighted by atomic mass is 10.1. The second-order valence-corrected chi connectivity index (χ2v) is 4.57. The zero-order valence-electron chi connectivity index (χ0n) is 9.98. The van der Waals surface area contributed by atoms with E-state index in [1.807, 2.05) is 0 Å². The molecule has 0 spiro atoms. The van der Waals surface area contributed by atoms with Gasteiger partial charge in [0.25, 0.3) is 0 Å². The van der Waals surface area contributed by atoms with Crippen LogP contribution >= 0.6 is 0 Å². The molecule has 1 atom stereocenters. The Hall–Kier alpha value is -1.30. The first-order valence-electron chi connectivity index (χ1n) is 5.85. The number of pyridine rings is 1. The van der Waals surface area contributed by atoms with Gasteiger partial charge in [-0.15, -0.1) is 0 Å². The highest BCUT2D eigenvalue weighted by molar-refractivity contribution is 5.50. The summed E-state index contributed by atoms with van der Waals surface area (Å²) in [5.74, 6) is 0.243. The molecule has 1 N–H and O–H groups in total. The molecule has 3 nitrogen and oxygen atoms in total. The zero-order valence-corrected chi connectivity index (χ0v) is 9.98. The molecule has 1 fully saturated rings. The predicted octanol–water partition coefficient (Wildman–Crippen LogP) is 2.67. The van der Waals surface area contributed by atoms with E-state index in [1.165, 1.54) is 18.0 Å². The van der Waals surface area contributed by atoms with E-state index in [9.17, 15) is 18.3 Å². The summed E-state index contributed by atoms with van der Waals surface area (Å²) in [5.41, 5.74) is 0.439. The molecule has 0 saturated heterocycles. The number of rotatable bonds is 4. The van der Waals surface area contributed by atoms with Crippen LogP contribution < -0.4 is 4.90 Å². The van der Waals surface area contributed by atoms with E-state index in [2.05, 4.69) is 4.98 Å². The van der Waals surface area contributed by atoms with Crippen molar-refractivity contribution in [1.29, 1.82) is 0 Å². The topological polar surface area (TPSA) is 36.4 Å². The number of nitrogens with zero attached hydrogens (tertiary/aromatic N) is 2. The highest BCUT2D eigenvalue weighted by Gasteiger charge is 2.39. The van der Waals surface area contributed by atoms with Gasteiger partial charge in [-0.05, 0) is 25.8 Å². The average Bonchev–Trinajstić information content (AvgIpc) is 3.08. The molecule has 0 aromatic carbocycles. The number of anilines is 1. The summed E-state index contributed by atoms with van der Waals surface area (Å²) >= 11 is 0. The van der Waals surface area contributed by atoms with Crippen molar-refractivity contribution in [3.63, 3.8) is 0 Å². The maximum absolute atomic E-state index is 12.6. The molecule has 1 heterocycles. The van der Waals surface area contributed by atoms with Gasteiger partial charge >= 0.3 is 6.18 Å². The number of halogens is 3. The first-order chi connectivity index (χ1) is 8.38. The minimum atomic E-state index is -4.27. The quantitative estimate of drug-likeness (QED) is 0.904. The van der Waals surface area contributed by atoms with Crippen molar-refractivity contribution < 1.29 is 18.3 Å². The van der Waals surface area contributed by atoms with Crippen molar-refractivity contribution in [2.75, 3.05) is 11.4 Å². The number of hydrogen-bond donors (Lipinski definition) is 1. The highest BCUT2D eigenvalue weighted by Crippen LogP contribution is 2.36. The van der Waals surface area contributed by atoms with Gasteiger partial charge in [0.1, 0.15) is 12.4 Å². The smallest absolute Gasteiger partial charge is 0.389 e. The molecule has 0 unspecified atom stereocenters. The third kappa shape index (κ3) is 3.13. The molecule has 1 aromatic heterocycles. The number of aromatic nitrogens is 1. The second-order valence-electron chi connectivity index (χ2n) is 4.57. The highest BCUT2D eigenvalue weighted by atomic mass is 19.4. The van der Waals surface area contributed by atoms with Gasteiger partial charge in [-0.25, -0.2) is 4.98 Å². The SMILES string of the molecule is C[C@H](O)c1cccnc1N(CC(F)(F)F)C1CC1. The van der Waals surface area contributed by atoms with Crippen LogP contribution in [0.4, 0.5) is 19.0 Å². The van der Waals surface area contributed by atoms with Crippen LogP contribution in [0.2, 0.25) is 0 Å². The van der Waals surface area contributed by atoms with E-state index in [0.717, 1.165) is 12.8 Å². The first kappa shape index (κ1) is 13.1. The normalized spacial score (nSPS) is 17.6. The standard InChI is InChI=1S/C12H15F3N2O/c1-8(18)10-3-2-6-16-11(10)17(9-4-5-9)7-12(13,14)15/h2-3,6,8-9,18H,4-5,7H2,1H3/t8-/m0/s1. The maximum atomic E-state index is 12.6. The third-order valence-corrected chi connectivity index (χ3v) is 2.88. The van der Waals surface area contributed by atoms with E-state index in [-0.39, 0.29) is 11.9 Å². The van der Waals surface area contributed by atoms with Crippen molar-refractivity contribution in [3.05, 3.63) is 23.9 Å². The van der Waals surface area contributed by atoms with E-state index in [0.29, 0.717) is 5.56 Å². The fourth-order valence-electron chi connectivity index (χ4n) is 1.93. The summed E-state index contributed by atoms with van der Waals surface area (Å²) in [6, 6.07) is 3.11. The van der Waals surface area contributed by atoms with Gasteiger partial charge in [0, 0.05) is 17.8 Å². The van der Waals surface area contributed by atoms with E-state index in [4.69, 9.17) is 0 Å². The molecule has 1 aliphatic rings. The van der Waals surface area contributed by atoms with Gasteiger partial charge in [-0.3, -0.25) is 0 Å². The fourth-order valence-corrected chi connectivity index (χ4v) is 1.93. The van der Waals surface area contributed by atoms with E-state index < -0.39 is 18.8 Å². The van der Waals surface area contributed by atoms with Crippen LogP contribution in [-0.2, 0) is 0 Å². The molecule has 0 bridgehead atoms. The Morgan fingerprint density at radius 1 is 1.50 bits per heavy atom. The number of hydrogen-bond acceptors (Lipinski definition) is 3. The lowest BCUT2D eigenvalue weighted by molar-refractivity contribution is -0.120. The molecule has 1 saturated carbocycles. The van der Waals surface area contributed by atoms with Crippen LogP contribution in [0.5, 0.6) is 0 Å². The summed E-state index contributed by atoms with van der Waals surface area (Å²) < 4.78 is 37.7. The van der Waals surface area contributed by atoms with Gasteiger partial charge < -0.3 is 10.0 Å². The Morgan fingerprint density at radius 3 is 2.67 bits per heavy atom. The largest absolute Gasteiger partial charge is 0.405 e. The average molecular weight is 260 g/mol. The molecule has 1 aliphatic carbocycles. The fraction of sp³-hybridized carbons (Fsp3) is 0.583. The first-order valence-corrected chi connectivity index (χ1v) is 5.85. The number of alkyl halides is 3. The molecule has 0 radical (unpaired) electrons. The lowest BCUT2D eigenvalue weighted by Gasteiger charge is -2.27. The summed E-state index contributed by atoms with van der Waals surface area (Å²) in [5, 5.41) is 9.61. The van der Waals surface area contributed by atoms with Crippen molar-refractivity contribution in [2.24, 2.45) is 0 Å². The molecule has 0 aliphatic heterocycles. The second kappa shape index (κ2) is 4.76. The van der Waals surface area contributed by atoms with Gasteiger partial charge in [0.05, 0.1) is 6.10 Å². The Labute approximate surface area is 103 Å². The van der Waals surface area contributed by atoms with Gasteiger partial charge in [-0.2, -0.15) is 13.2 Å². The number of aliphatic hydroxyl groups is 1. The summed E-state index contributed by atoms with van der Waals surface area (Å²) in [4.78, 5) is 5.26. The van der Waals surface area contributed by atoms with Crippen molar-refractivity contribution in [2.45, 2.75) is 38.1 Å². The number of aliphatic hydroxyl groups excluding tert-OH is 1. The third-order valence-electron chi connectivity index (χ3n) is 2.88. The maximum Gasteiger partial charge on any atom is 0.405 e. The molecular formula is C12H15F3N2O. The minimum absolute atomic E-state index is 0.112. The van der Waals surface area contributed by atoms with Crippen LogP contribution in [0.15, 0.2) is 18.3 Å². The van der Waals surface area contributed by atoms with Crippen LogP contribution in [-0.4, -0.2) is 28.9 Å². The summed E-state index contributed by atoms with van der Waals surface area (Å²) in [6.07, 6.45) is -2.16. The Bertz CT molecular complexity index is 416. The van der Waals surface area contributed by atoms with Crippen LogP contribution in [0, 0.1) is 0 Å². The lowest BCUT2D eigenvalue weighted by Crippen LogP contribution is -2.37. The van der Waals surface area contributed by atoms with Crippen LogP contribution in [0.3, 0.4) is 0 Å². The van der Waals surface area contributed by atoms with Crippen molar-refractivity contribution in [3.8, 4) is 0 Å². The summed E-state index contributed by atoms with van der Waals surface area (Å²) in [7, 11) is 0. The molecule has 1 aromatic rings. The van der Waals surface area contributed by atoms with Gasteiger partial charge in [0.2, 0.25) is 0 Å². The Kier molecular flexibility index (Phi) is 3.47. The Balaban J connectivity index is 2.31. The molecule has 2 rings (SSSR count). The van der Waals surface area contributed by atoms with Crippen molar-refractivity contribution in [1.82, 2.24) is 4.98 Å². The molecule has 100 valence electrons. The zero-order chi connectivity index (χ0) is 13.3. The molecule has 6 heteroatoms. The Morgan fingerprint density at radius 2 is 2.17 bits per heavy atom. The van der Waals surface area contributed by atoms with Crippen LogP contribution in [0.25, 0.3) is 0 Å². The van der Waals surface area contributed by atoms with Crippen molar-refractivity contribution >= 4 is 5.82 Å². The van der Waals surface area contributed by atoms with Crippen LogP contribution in [0.1, 0.15) is 31.4 Å². The van der Waals surface area contributed by atoms with Gasteiger partial charge in [0.15, 0.2) is 0 Å². The minimum Gasteiger partial charge on any atom is -0.389 e. The molecule has 0 amide bonds. The van der Waals surface area contributed by atoms with Gasteiger partial charge in [-0.1, -0.05) is 6.07 Å². The van der Waals surface area contributed by atoms with E-state index in [1.54, 1.807) is 12.1 Å². The molecule has 18 heavy (non-hydrogen) atoms. The predicted molar refractivity (Wildman–Crippen MR) is 61.3 cm³/mol. The van der Waals surface area contributed by atoms with E-state index >= 15 is 0 Å². The summed E-state index contributed by atoms with van der Waals surface area (Å²) in [6.45, 7) is 0.508. The molecular weight excluding hydrogens is 245 g/mol.